The predicted octanol–water partition coefficient (Wildman–Crippen LogP) is 1.91. The zero-order valence-electron chi connectivity index (χ0n) is 16.0. The van der Waals surface area contributed by atoms with Crippen molar-refractivity contribution in [3.05, 3.63) is 41.5 Å². The molecule has 1 heterocycles. The van der Waals surface area contributed by atoms with Crippen molar-refractivity contribution in [2.45, 2.75) is 56.7 Å². The van der Waals surface area contributed by atoms with E-state index < -0.39 is 17.7 Å². The van der Waals surface area contributed by atoms with Crippen LogP contribution in [0.1, 0.15) is 38.2 Å². The van der Waals surface area contributed by atoms with Gasteiger partial charge in [-0.3, -0.25) is 9.59 Å². The van der Waals surface area contributed by atoms with E-state index in [2.05, 4.69) is 11.4 Å². The van der Waals surface area contributed by atoms with Crippen molar-refractivity contribution in [1.82, 2.24) is 5.32 Å². The third kappa shape index (κ3) is 4.96. The maximum Gasteiger partial charge on any atom is 0.237 e. The van der Waals surface area contributed by atoms with Gasteiger partial charge in [-0.1, -0.05) is 23.8 Å². The van der Waals surface area contributed by atoms with Crippen LogP contribution in [0.25, 0.3) is 0 Å². The fraction of sp³-hybridized carbons (Fsp3) is 0.524. The van der Waals surface area contributed by atoms with Crippen molar-refractivity contribution in [2.75, 3.05) is 13.7 Å². The van der Waals surface area contributed by atoms with Gasteiger partial charge < -0.3 is 20.5 Å². The Labute approximate surface area is 160 Å². The van der Waals surface area contributed by atoms with Crippen molar-refractivity contribution >= 4 is 11.7 Å². The number of methoxy groups -OCH3 is 1. The number of hydrogen-bond acceptors (Lipinski definition) is 5. The summed E-state index contributed by atoms with van der Waals surface area (Å²) in [7, 11) is 1.61. The molecule has 1 unspecified atom stereocenters. The summed E-state index contributed by atoms with van der Waals surface area (Å²) in [6, 6.07) is 6.14. The molecule has 3 atom stereocenters. The number of carbonyl (C=O) groups is 2. The minimum absolute atomic E-state index is 0.0692. The summed E-state index contributed by atoms with van der Waals surface area (Å²) in [6.45, 7) is 2.18. The van der Waals surface area contributed by atoms with Crippen molar-refractivity contribution in [3.63, 3.8) is 0 Å². The van der Waals surface area contributed by atoms with Gasteiger partial charge in [0.1, 0.15) is 11.4 Å². The molecule has 1 aromatic carbocycles. The fourth-order valence-electron chi connectivity index (χ4n) is 3.40. The van der Waals surface area contributed by atoms with Gasteiger partial charge in [-0.05, 0) is 56.7 Å². The first kappa shape index (κ1) is 19.6. The van der Waals surface area contributed by atoms with Gasteiger partial charge in [0.25, 0.3) is 0 Å². The second-order valence-electron chi connectivity index (χ2n) is 7.56. The summed E-state index contributed by atoms with van der Waals surface area (Å²) in [5.74, 6) is 0.372. The molecule has 3 N–H and O–H groups in total. The standard InChI is InChI=1S/C21H28N2O4/c1-21(13-27-21)19(24)18(12-14-5-3-4-6-14)23-20(25)17(22)11-15-7-9-16(26-2)10-8-15/h5,7-10,17-18H,3-4,6,11-13,22H2,1-2H3,(H,23,25)/t17-,18-,21?/m0/s1. The number of allylic oxidation sites excluding steroid dienone is 1. The molecule has 27 heavy (non-hydrogen) atoms. The van der Waals surface area contributed by atoms with Crippen LogP contribution in [0.15, 0.2) is 35.9 Å². The van der Waals surface area contributed by atoms with Crippen LogP contribution < -0.4 is 15.8 Å². The molecule has 1 saturated heterocycles. The van der Waals surface area contributed by atoms with Crippen LogP contribution in [0.4, 0.5) is 0 Å². The highest BCUT2D eigenvalue weighted by Crippen LogP contribution is 2.31. The molecule has 6 heteroatoms. The number of ether oxygens (including phenoxy) is 2. The second-order valence-corrected chi connectivity index (χ2v) is 7.56. The van der Waals surface area contributed by atoms with E-state index in [-0.39, 0.29) is 11.7 Å². The van der Waals surface area contributed by atoms with Crippen LogP contribution in [0, 0.1) is 0 Å². The number of nitrogens with one attached hydrogen (secondary N) is 1. The maximum atomic E-state index is 12.8. The molecule has 146 valence electrons. The quantitative estimate of drug-likeness (QED) is 0.510. The first-order valence-corrected chi connectivity index (χ1v) is 9.46. The topological polar surface area (TPSA) is 93.9 Å². The highest BCUT2D eigenvalue weighted by molar-refractivity contribution is 5.97. The first-order valence-electron chi connectivity index (χ1n) is 9.46. The number of carbonyl (C=O) groups excluding carboxylic acids is 2. The Kier molecular flexibility index (Phi) is 5.97. The third-order valence-electron chi connectivity index (χ3n) is 5.28. The average molecular weight is 372 g/mol. The van der Waals surface area contributed by atoms with E-state index in [4.69, 9.17) is 15.2 Å². The molecule has 0 radical (unpaired) electrons. The van der Waals surface area contributed by atoms with Crippen LogP contribution in [-0.4, -0.2) is 43.1 Å². The average Bonchev–Trinajstić information content (AvgIpc) is 3.21. The first-order chi connectivity index (χ1) is 12.9. The molecule has 1 fully saturated rings. The molecule has 2 aliphatic rings. The van der Waals surface area contributed by atoms with Crippen LogP contribution >= 0.6 is 0 Å². The predicted molar refractivity (Wildman–Crippen MR) is 103 cm³/mol. The molecule has 0 aromatic heterocycles. The Hall–Kier alpha value is -2.18. The lowest BCUT2D eigenvalue weighted by Gasteiger charge is -2.22. The van der Waals surface area contributed by atoms with E-state index in [0.29, 0.717) is 19.4 Å². The Morgan fingerprint density at radius 2 is 2.00 bits per heavy atom. The second kappa shape index (κ2) is 8.23. The summed E-state index contributed by atoms with van der Waals surface area (Å²) in [4.78, 5) is 25.4. The van der Waals surface area contributed by atoms with Gasteiger partial charge in [-0.15, -0.1) is 0 Å². The zero-order valence-corrected chi connectivity index (χ0v) is 16.0. The lowest BCUT2D eigenvalue weighted by Crippen LogP contribution is -2.51. The smallest absolute Gasteiger partial charge is 0.237 e. The molecule has 1 aromatic rings. The van der Waals surface area contributed by atoms with Gasteiger partial charge in [0.2, 0.25) is 5.91 Å². The van der Waals surface area contributed by atoms with Crippen LogP contribution in [-0.2, 0) is 20.7 Å². The van der Waals surface area contributed by atoms with Gasteiger partial charge in [0, 0.05) is 0 Å². The number of epoxide rings is 1. The molecule has 0 bridgehead atoms. The van der Waals surface area contributed by atoms with Crippen LogP contribution in [0.3, 0.4) is 0 Å². The van der Waals surface area contributed by atoms with Crippen molar-refractivity contribution in [2.24, 2.45) is 5.73 Å². The van der Waals surface area contributed by atoms with E-state index in [1.54, 1.807) is 14.0 Å². The van der Waals surface area contributed by atoms with E-state index in [1.165, 1.54) is 5.57 Å². The van der Waals surface area contributed by atoms with E-state index in [0.717, 1.165) is 30.6 Å². The number of nitrogens with two attached hydrogens (primary N) is 1. The van der Waals surface area contributed by atoms with Crippen LogP contribution in [0.2, 0.25) is 0 Å². The molecule has 3 rings (SSSR count). The van der Waals surface area contributed by atoms with E-state index in [9.17, 15) is 9.59 Å². The number of Topliss-reactive ketones (excluding diaryl/α,β-unsaturated/α-hetero) is 1. The summed E-state index contributed by atoms with van der Waals surface area (Å²) in [5, 5.41) is 2.87. The lowest BCUT2D eigenvalue weighted by atomic mass is 9.94. The lowest BCUT2D eigenvalue weighted by molar-refractivity contribution is -0.131. The van der Waals surface area contributed by atoms with Gasteiger partial charge in [-0.25, -0.2) is 0 Å². The largest absolute Gasteiger partial charge is 0.497 e. The highest BCUT2D eigenvalue weighted by Gasteiger charge is 2.50. The molecule has 1 amide bonds. The normalized spacial score (nSPS) is 23.3. The molecule has 1 aliphatic carbocycles. The van der Waals surface area contributed by atoms with Crippen molar-refractivity contribution in [3.8, 4) is 5.75 Å². The number of benzene rings is 1. The van der Waals surface area contributed by atoms with Gasteiger partial charge in [0.05, 0.1) is 25.8 Å². The minimum Gasteiger partial charge on any atom is -0.497 e. The maximum absolute atomic E-state index is 12.8. The van der Waals surface area contributed by atoms with Gasteiger partial charge >= 0.3 is 0 Å². The molecule has 0 spiro atoms. The number of ketones is 1. The van der Waals surface area contributed by atoms with Gasteiger partial charge in [-0.2, -0.15) is 0 Å². The Balaban J connectivity index is 1.62. The van der Waals surface area contributed by atoms with E-state index in [1.807, 2.05) is 24.3 Å². The molecule has 0 saturated carbocycles. The summed E-state index contributed by atoms with van der Waals surface area (Å²) >= 11 is 0. The fourth-order valence-corrected chi connectivity index (χ4v) is 3.40. The molecular formula is C21H28N2O4. The summed E-state index contributed by atoms with van der Waals surface area (Å²) < 4.78 is 10.4. The van der Waals surface area contributed by atoms with Crippen molar-refractivity contribution < 1.29 is 19.1 Å². The van der Waals surface area contributed by atoms with E-state index >= 15 is 0 Å². The minimum atomic E-state index is -0.767. The molecular weight excluding hydrogens is 344 g/mol. The third-order valence-corrected chi connectivity index (χ3v) is 5.28. The number of rotatable bonds is 9. The number of amides is 1. The number of hydrogen-bond donors (Lipinski definition) is 2. The molecule has 6 nitrogen and oxygen atoms in total. The SMILES string of the molecule is COc1ccc(C[C@H](N)C(=O)N[C@@H](CC2=CCCC2)C(=O)C2(C)CO2)cc1. The zero-order chi connectivity index (χ0) is 19.4. The Morgan fingerprint density at radius 1 is 1.30 bits per heavy atom. The summed E-state index contributed by atoms with van der Waals surface area (Å²) in [6.07, 6.45) is 6.23. The highest BCUT2D eigenvalue weighted by atomic mass is 16.6. The monoisotopic (exact) mass is 372 g/mol. The van der Waals surface area contributed by atoms with Crippen molar-refractivity contribution in [1.29, 1.82) is 0 Å². The van der Waals surface area contributed by atoms with Crippen LogP contribution in [0.5, 0.6) is 5.75 Å². The Bertz CT molecular complexity index is 722. The Morgan fingerprint density at radius 3 is 2.56 bits per heavy atom. The molecule has 1 aliphatic heterocycles. The van der Waals surface area contributed by atoms with Gasteiger partial charge in [0.15, 0.2) is 5.78 Å². The summed E-state index contributed by atoms with van der Waals surface area (Å²) in [5.41, 5.74) is 7.50.